The van der Waals surface area contributed by atoms with Gasteiger partial charge in [0.05, 0.1) is 7.11 Å². The SMILES string of the molecule is COc1ccc(Cl)cc1CCCC(=O)c1ccccc1. The second-order valence-electron chi connectivity index (χ2n) is 4.60. The van der Waals surface area contributed by atoms with Crippen LogP contribution < -0.4 is 4.74 Å². The Morgan fingerprint density at radius 3 is 2.60 bits per heavy atom. The van der Waals surface area contributed by atoms with Crippen molar-refractivity contribution in [2.24, 2.45) is 0 Å². The van der Waals surface area contributed by atoms with Crippen molar-refractivity contribution in [1.82, 2.24) is 0 Å². The van der Waals surface area contributed by atoms with Crippen LogP contribution >= 0.6 is 11.6 Å². The highest BCUT2D eigenvalue weighted by atomic mass is 35.5. The lowest BCUT2D eigenvalue weighted by Crippen LogP contribution is -2.00. The first-order valence-electron chi connectivity index (χ1n) is 6.61. The summed E-state index contributed by atoms with van der Waals surface area (Å²) in [5.74, 6) is 0.994. The molecule has 0 saturated carbocycles. The molecule has 0 atom stereocenters. The molecule has 2 nitrogen and oxygen atoms in total. The molecule has 0 fully saturated rings. The molecule has 2 aromatic rings. The topological polar surface area (TPSA) is 26.3 Å². The summed E-state index contributed by atoms with van der Waals surface area (Å²) >= 11 is 5.99. The van der Waals surface area contributed by atoms with Crippen LogP contribution in [-0.2, 0) is 6.42 Å². The van der Waals surface area contributed by atoms with Gasteiger partial charge in [-0.3, -0.25) is 4.79 Å². The van der Waals surface area contributed by atoms with Gasteiger partial charge in [-0.1, -0.05) is 41.9 Å². The van der Waals surface area contributed by atoms with Gasteiger partial charge in [0, 0.05) is 17.0 Å². The number of carbonyl (C=O) groups excluding carboxylic acids is 1. The molecule has 0 saturated heterocycles. The Labute approximate surface area is 124 Å². The van der Waals surface area contributed by atoms with Crippen molar-refractivity contribution >= 4 is 17.4 Å². The van der Waals surface area contributed by atoms with Gasteiger partial charge in [-0.25, -0.2) is 0 Å². The molecule has 0 aliphatic heterocycles. The first-order valence-corrected chi connectivity index (χ1v) is 6.99. The predicted molar refractivity (Wildman–Crippen MR) is 81.7 cm³/mol. The zero-order valence-corrected chi connectivity index (χ0v) is 12.2. The van der Waals surface area contributed by atoms with Crippen LogP contribution in [0.3, 0.4) is 0 Å². The van der Waals surface area contributed by atoms with Gasteiger partial charge in [-0.2, -0.15) is 0 Å². The average molecular weight is 289 g/mol. The Bertz CT molecular complexity index is 579. The number of halogens is 1. The van der Waals surface area contributed by atoms with Crippen molar-refractivity contribution in [3.63, 3.8) is 0 Å². The summed E-state index contributed by atoms with van der Waals surface area (Å²) in [5.41, 5.74) is 1.81. The first kappa shape index (κ1) is 14.6. The highest BCUT2D eigenvalue weighted by Gasteiger charge is 2.07. The van der Waals surface area contributed by atoms with E-state index in [0.717, 1.165) is 29.7 Å². The van der Waals surface area contributed by atoms with E-state index in [-0.39, 0.29) is 5.78 Å². The maximum Gasteiger partial charge on any atom is 0.162 e. The smallest absolute Gasteiger partial charge is 0.162 e. The van der Waals surface area contributed by atoms with Gasteiger partial charge < -0.3 is 4.74 Å². The zero-order valence-electron chi connectivity index (χ0n) is 11.4. The lowest BCUT2D eigenvalue weighted by molar-refractivity contribution is 0.0980. The molecule has 0 aliphatic rings. The van der Waals surface area contributed by atoms with E-state index in [1.54, 1.807) is 13.2 Å². The van der Waals surface area contributed by atoms with Crippen molar-refractivity contribution in [2.45, 2.75) is 19.3 Å². The highest BCUT2D eigenvalue weighted by Crippen LogP contribution is 2.24. The summed E-state index contributed by atoms with van der Waals surface area (Å²) < 4.78 is 5.30. The molecular formula is C17H17ClO2. The Hall–Kier alpha value is -1.80. The summed E-state index contributed by atoms with van der Waals surface area (Å²) in [6.07, 6.45) is 2.09. The van der Waals surface area contributed by atoms with Gasteiger partial charge in [0.2, 0.25) is 0 Å². The quantitative estimate of drug-likeness (QED) is 0.729. The molecule has 0 N–H and O–H groups in total. The predicted octanol–water partition coefficient (Wildman–Crippen LogP) is 4.55. The Morgan fingerprint density at radius 1 is 1.15 bits per heavy atom. The van der Waals surface area contributed by atoms with Crippen LogP contribution in [0.4, 0.5) is 0 Å². The molecule has 104 valence electrons. The number of ether oxygens (including phenoxy) is 1. The van der Waals surface area contributed by atoms with Gasteiger partial charge in [0.15, 0.2) is 5.78 Å². The fourth-order valence-electron chi connectivity index (χ4n) is 2.15. The molecule has 2 rings (SSSR count). The van der Waals surface area contributed by atoms with Crippen molar-refractivity contribution in [1.29, 1.82) is 0 Å². The number of hydrogen-bond acceptors (Lipinski definition) is 2. The Kier molecular flexibility index (Phi) is 5.19. The van der Waals surface area contributed by atoms with Gasteiger partial charge in [-0.15, -0.1) is 0 Å². The van der Waals surface area contributed by atoms with Gasteiger partial charge in [-0.05, 0) is 36.6 Å². The third-order valence-electron chi connectivity index (χ3n) is 3.19. The molecule has 0 amide bonds. The summed E-state index contributed by atoms with van der Waals surface area (Å²) in [4.78, 5) is 12.0. The van der Waals surface area contributed by atoms with Crippen molar-refractivity contribution in [3.05, 3.63) is 64.7 Å². The van der Waals surface area contributed by atoms with E-state index < -0.39 is 0 Å². The van der Waals surface area contributed by atoms with E-state index in [2.05, 4.69) is 0 Å². The number of rotatable bonds is 6. The number of aryl methyl sites for hydroxylation is 1. The normalized spacial score (nSPS) is 10.3. The molecule has 0 aliphatic carbocycles. The van der Waals surface area contributed by atoms with Crippen LogP contribution in [-0.4, -0.2) is 12.9 Å². The number of ketones is 1. The van der Waals surface area contributed by atoms with Crippen molar-refractivity contribution in [2.75, 3.05) is 7.11 Å². The van der Waals surface area contributed by atoms with E-state index in [1.807, 2.05) is 42.5 Å². The molecule has 20 heavy (non-hydrogen) atoms. The molecule has 0 aromatic heterocycles. The minimum absolute atomic E-state index is 0.173. The number of benzene rings is 2. The number of methoxy groups -OCH3 is 1. The standard InChI is InChI=1S/C17H17ClO2/c1-20-17-11-10-15(18)12-14(17)8-5-9-16(19)13-6-3-2-4-7-13/h2-4,6-7,10-12H,5,8-9H2,1H3. The first-order chi connectivity index (χ1) is 9.70. The number of carbonyl (C=O) groups is 1. The van der Waals surface area contributed by atoms with E-state index in [4.69, 9.17) is 16.3 Å². The molecule has 2 aromatic carbocycles. The lowest BCUT2D eigenvalue weighted by Gasteiger charge is -2.08. The lowest BCUT2D eigenvalue weighted by atomic mass is 10.0. The maximum atomic E-state index is 12.0. The van der Waals surface area contributed by atoms with Crippen molar-refractivity contribution in [3.8, 4) is 5.75 Å². The molecule has 0 spiro atoms. The average Bonchev–Trinajstić information content (AvgIpc) is 2.48. The minimum Gasteiger partial charge on any atom is -0.496 e. The van der Waals surface area contributed by atoms with E-state index >= 15 is 0 Å². The molecule has 0 unspecified atom stereocenters. The van der Waals surface area contributed by atoms with E-state index in [1.165, 1.54) is 0 Å². The van der Waals surface area contributed by atoms with Crippen LogP contribution in [0.25, 0.3) is 0 Å². The van der Waals surface area contributed by atoms with Crippen LogP contribution in [0.5, 0.6) is 5.75 Å². The van der Waals surface area contributed by atoms with E-state index in [0.29, 0.717) is 11.4 Å². The highest BCUT2D eigenvalue weighted by molar-refractivity contribution is 6.30. The third-order valence-corrected chi connectivity index (χ3v) is 3.42. The molecule has 0 radical (unpaired) electrons. The second-order valence-corrected chi connectivity index (χ2v) is 5.04. The third kappa shape index (κ3) is 3.84. The largest absolute Gasteiger partial charge is 0.496 e. The number of hydrogen-bond donors (Lipinski definition) is 0. The summed E-state index contributed by atoms with van der Waals surface area (Å²) in [6.45, 7) is 0. The van der Waals surface area contributed by atoms with Crippen LogP contribution in [0.15, 0.2) is 48.5 Å². The van der Waals surface area contributed by atoms with E-state index in [9.17, 15) is 4.79 Å². The van der Waals surface area contributed by atoms with Crippen molar-refractivity contribution < 1.29 is 9.53 Å². The summed E-state index contributed by atoms with van der Waals surface area (Å²) in [7, 11) is 1.64. The Morgan fingerprint density at radius 2 is 1.90 bits per heavy atom. The summed E-state index contributed by atoms with van der Waals surface area (Å²) in [6, 6.07) is 14.9. The second kappa shape index (κ2) is 7.11. The fraction of sp³-hybridized carbons (Fsp3) is 0.235. The van der Waals surface area contributed by atoms with Gasteiger partial charge >= 0.3 is 0 Å². The summed E-state index contributed by atoms with van der Waals surface area (Å²) in [5, 5.41) is 0.690. The monoisotopic (exact) mass is 288 g/mol. The molecule has 3 heteroatoms. The minimum atomic E-state index is 0.173. The van der Waals surface area contributed by atoms with Crippen LogP contribution in [0.2, 0.25) is 5.02 Å². The van der Waals surface area contributed by atoms with Gasteiger partial charge in [0.1, 0.15) is 5.75 Å². The van der Waals surface area contributed by atoms with Gasteiger partial charge in [0.25, 0.3) is 0 Å². The molecule has 0 bridgehead atoms. The zero-order chi connectivity index (χ0) is 14.4. The van der Waals surface area contributed by atoms with Crippen LogP contribution in [0.1, 0.15) is 28.8 Å². The number of Topliss-reactive ketones (excluding diaryl/α,β-unsaturated/α-hetero) is 1. The molecular weight excluding hydrogens is 272 g/mol. The Balaban J connectivity index is 1.93. The van der Waals surface area contributed by atoms with Crippen LogP contribution in [0, 0.1) is 0 Å². The molecule has 0 heterocycles. The fourth-order valence-corrected chi connectivity index (χ4v) is 2.35. The maximum absolute atomic E-state index is 12.0.